The van der Waals surface area contributed by atoms with Crippen molar-refractivity contribution in [2.24, 2.45) is 5.73 Å². The first-order valence-corrected chi connectivity index (χ1v) is 6.31. The van der Waals surface area contributed by atoms with Crippen LogP contribution in [0.15, 0.2) is 0 Å². The molecule has 0 radical (unpaired) electrons. The fourth-order valence-electron chi connectivity index (χ4n) is 2.10. The Morgan fingerprint density at radius 1 is 1.53 bits per heavy atom. The minimum Gasteiger partial charge on any atom is -0.383 e. The highest BCUT2D eigenvalue weighted by Gasteiger charge is 2.30. The van der Waals surface area contributed by atoms with Gasteiger partial charge in [-0.25, -0.2) is 9.97 Å². The molecule has 7 heteroatoms. The Hall–Kier alpha value is -1.89. The van der Waals surface area contributed by atoms with Crippen LogP contribution in [0.5, 0.6) is 0 Å². The minimum atomic E-state index is -0.508. The number of aromatic nitrogens is 2. The summed E-state index contributed by atoms with van der Waals surface area (Å²) in [6.07, 6.45) is 0.684. The number of amides is 1. The number of rotatable bonds is 3. The maximum absolute atomic E-state index is 11.5. The van der Waals surface area contributed by atoms with E-state index in [1.54, 1.807) is 0 Å². The van der Waals surface area contributed by atoms with E-state index in [9.17, 15) is 4.79 Å². The van der Waals surface area contributed by atoms with Crippen molar-refractivity contribution in [3.8, 4) is 0 Å². The topological polar surface area (TPSA) is 107 Å². The van der Waals surface area contributed by atoms with Crippen molar-refractivity contribution in [2.75, 3.05) is 30.4 Å². The van der Waals surface area contributed by atoms with E-state index in [-0.39, 0.29) is 6.61 Å². The second-order valence-electron chi connectivity index (χ2n) is 4.51. The minimum absolute atomic E-state index is 0.278. The van der Waals surface area contributed by atoms with Gasteiger partial charge in [-0.2, -0.15) is 0 Å². The van der Waals surface area contributed by atoms with Crippen molar-refractivity contribution in [1.82, 2.24) is 9.97 Å². The summed E-state index contributed by atoms with van der Waals surface area (Å²) in [5, 5.41) is 0. The van der Waals surface area contributed by atoms with Gasteiger partial charge in [0.2, 0.25) is 5.91 Å². The third kappa shape index (κ3) is 2.60. The molecule has 1 atom stereocenters. The third-order valence-corrected chi connectivity index (χ3v) is 3.25. The zero-order chi connectivity index (χ0) is 14.0. The smallest absolute Gasteiger partial charge is 0.242 e. The van der Waals surface area contributed by atoms with Crippen molar-refractivity contribution in [2.45, 2.75) is 26.3 Å². The Balaban J connectivity index is 2.43. The largest absolute Gasteiger partial charge is 0.383 e. The van der Waals surface area contributed by atoms with Crippen molar-refractivity contribution in [1.29, 1.82) is 0 Å². The lowest BCUT2D eigenvalue weighted by molar-refractivity contribution is -0.121. The van der Waals surface area contributed by atoms with Gasteiger partial charge in [0.25, 0.3) is 0 Å². The lowest BCUT2D eigenvalue weighted by atomic mass is 10.2. The van der Waals surface area contributed by atoms with E-state index in [1.807, 2.05) is 18.7 Å². The molecule has 0 aliphatic carbocycles. The van der Waals surface area contributed by atoms with E-state index >= 15 is 0 Å². The average Bonchev–Trinajstić information content (AvgIpc) is 2.41. The summed E-state index contributed by atoms with van der Waals surface area (Å²) in [6.45, 7) is 5.18. The number of anilines is 2. The number of nitrogens with zero attached hydrogens (tertiary/aromatic N) is 3. The van der Waals surface area contributed by atoms with Crippen LogP contribution < -0.4 is 16.4 Å². The second-order valence-corrected chi connectivity index (χ2v) is 4.51. The molecule has 1 aliphatic heterocycles. The standard InChI is InChI=1S/C12H19N5O2/c1-3-9-15-10(13)7(2)12(16-9)17-4-5-19-6-8(17)11(14)18/h8H,3-6H2,1-2H3,(H2,14,18)(H2,13,15,16). The number of carbonyl (C=O) groups is 1. The van der Waals surface area contributed by atoms with Crippen molar-refractivity contribution in [3.05, 3.63) is 11.4 Å². The third-order valence-electron chi connectivity index (χ3n) is 3.25. The van der Waals surface area contributed by atoms with E-state index < -0.39 is 11.9 Å². The van der Waals surface area contributed by atoms with Crippen LogP contribution in [-0.2, 0) is 16.0 Å². The van der Waals surface area contributed by atoms with E-state index in [0.29, 0.717) is 37.0 Å². The van der Waals surface area contributed by atoms with Crippen LogP contribution in [0.4, 0.5) is 11.6 Å². The normalized spacial score (nSPS) is 19.5. The predicted octanol–water partition coefficient (Wildman–Crippen LogP) is -0.380. The molecule has 1 fully saturated rings. The van der Waals surface area contributed by atoms with Crippen molar-refractivity contribution >= 4 is 17.5 Å². The van der Waals surface area contributed by atoms with Crippen LogP contribution in [-0.4, -0.2) is 41.7 Å². The number of nitrogen functional groups attached to an aromatic ring is 1. The van der Waals surface area contributed by atoms with Crippen molar-refractivity contribution in [3.63, 3.8) is 0 Å². The molecule has 0 spiro atoms. The molecule has 0 aromatic carbocycles. The van der Waals surface area contributed by atoms with E-state index in [1.165, 1.54) is 0 Å². The van der Waals surface area contributed by atoms with E-state index in [0.717, 1.165) is 5.56 Å². The van der Waals surface area contributed by atoms with Gasteiger partial charge in [-0.05, 0) is 6.92 Å². The first kappa shape index (κ1) is 13.5. The molecule has 1 unspecified atom stereocenters. The van der Waals surface area contributed by atoms with Gasteiger partial charge in [0.05, 0.1) is 13.2 Å². The Morgan fingerprint density at radius 3 is 2.89 bits per heavy atom. The van der Waals surface area contributed by atoms with Gasteiger partial charge in [-0.1, -0.05) is 6.92 Å². The molecule has 2 heterocycles. The number of hydrogen-bond donors (Lipinski definition) is 2. The van der Waals surface area contributed by atoms with Gasteiger partial charge in [0, 0.05) is 18.5 Å². The summed E-state index contributed by atoms with van der Waals surface area (Å²) in [4.78, 5) is 22.1. The molecule has 7 nitrogen and oxygen atoms in total. The van der Waals surface area contributed by atoms with Gasteiger partial charge in [0.1, 0.15) is 23.5 Å². The first-order valence-electron chi connectivity index (χ1n) is 6.31. The zero-order valence-electron chi connectivity index (χ0n) is 11.2. The number of aryl methyl sites for hydroxylation is 1. The molecule has 1 aromatic rings. The van der Waals surface area contributed by atoms with Crippen LogP contribution in [0.2, 0.25) is 0 Å². The summed E-state index contributed by atoms with van der Waals surface area (Å²) in [5.74, 6) is 1.36. The molecule has 4 N–H and O–H groups in total. The summed E-state index contributed by atoms with van der Waals surface area (Å²) in [7, 11) is 0. The second kappa shape index (κ2) is 5.40. The van der Waals surface area contributed by atoms with Gasteiger partial charge in [-0.3, -0.25) is 4.79 Å². The molecule has 1 aromatic heterocycles. The Morgan fingerprint density at radius 2 is 2.26 bits per heavy atom. The quantitative estimate of drug-likeness (QED) is 0.771. The molecule has 1 saturated heterocycles. The lowest BCUT2D eigenvalue weighted by Crippen LogP contribution is -2.53. The van der Waals surface area contributed by atoms with Gasteiger partial charge >= 0.3 is 0 Å². The number of primary amides is 1. The predicted molar refractivity (Wildman–Crippen MR) is 71.7 cm³/mol. The number of carbonyl (C=O) groups excluding carboxylic acids is 1. The van der Waals surface area contributed by atoms with Crippen LogP contribution in [0.25, 0.3) is 0 Å². The number of hydrogen-bond acceptors (Lipinski definition) is 6. The van der Waals surface area contributed by atoms with Gasteiger partial charge < -0.3 is 21.1 Å². The monoisotopic (exact) mass is 265 g/mol. The zero-order valence-corrected chi connectivity index (χ0v) is 11.2. The Kier molecular flexibility index (Phi) is 3.84. The van der Waals surface area contributed by atoms with Crippen LogP contribution in [0, 0.1) is 6.92 Å². The van der Waals surface area contributed by atoms with Crippen LogP contribution >= 0.6 is 0 Å². The van der Waals surface area contributed by atoms with E-state index in [2.05, 4.69) is 9.97 Å². The Bertz CT molecular complexity index is 491. The van der Waals surface area contributed by atoms with Crippen molar-refractivity contribution < 1.29 is 9.53 Å². The maximum Gasteiger partial charge on any atom is 0.242 e. The summed E-state index contributed by atoms with van der Waals surface area (Å²) < 4.78 is 5.30. The molecule has 104 valence electrons. The fourth-order valence-corrected chi connectivity index (χ4v) is 2.10. The average molecular weight is 265 g/mol. The lowest BCUT2D eigenvalue weighted by Gasteiger charge is -2.35. The molecular formula is C12H19N5O2. The fraction of sp³-hybridized carbons (Fsp3) is 0.583. The van der Waals surface area contributed by atoms with E-state index in [4.69, 9.17) is 16.2 Å². The summed E-state index contributed by atoms with van der Waals surface area (Å²) in [6, 6.07) is -0.508. The highest BCUT2D eigenvalue weighted by Crippen LogP contribution is 2.25. The number of ether oxygens (including phenoxy) is 1. The molecule has 1 amide bonds. The molecular weight excluding hydrogens is 246 g/mol. The SMILES string of the molecule is CCc1nc(N)c(C)c(N2CCOCC2C(N)=O)n1. The highest BCUT2D eigenvalue weighted by atomic mass is 16.5. The van der Waals surface area contributed by atoms with Gasteiger partial charge in [0.15, 0.2) is 0 Å². The Labute approximate surface area is 111 Å². The number of nitrogens with two attached hydrogens (primary N) is 2. The van der Waals surface area contributed by atoms with Gasteiger partial charge in [-0.15, -0.1) is 0 Å². The van der Waals surface area contributed by atoms with Crippen LogP contribution in [0.1, 0.15) is 18.3 Å². The molecule has 2 rings (SSSR count). The summed E-state index contributed by atoms with van der Waals surface area (Å²) in [5.41, 5.74) is 12.1. The molecule has 1 aliphatic rings. The van der Waals surface area contributed by atoms with Crippen LogP contribution in [0.3, 0.4) is 0 Å². The highest BCUT2D eigenvalue weighted by molar-refractivity contribution is 5.84. The molecule has 0 bridgehead atoms. The molecule has 0 saturated carbocycles. The first-order chi connectivity index (χ1) is 9.04. The summed E-state index contributed by atoms with van der Waals surface area (Å²) >= 11 is 0. The molecule has 19 heavy (non-hydrogen) atoms. The number of morpholine rings is 1. The maximum atomic E-state index is 11.5.